The van der Waals surface area contributed by atoms with Crippen molar-refractivity contribution in [1.82, 2.24) is 0 Å². The van der Waals surface area contributed by atoms with Gasteiger partial charge in [-0.2, -0.15) is 0 Å². The zero-order valence-corrected chi connectivity index (χ0v) is 16.5. The first-order valence-corrected chi connectivity index (χ1v) is 9.35. The third-order valence-corrected chi connectivity index (χ3v) is 4.70. The summed E-state index contributed by atoms with van der Waals surface area (Å²) in [5.41, 5.74) is -0.898. The minimum atomic E-state index is -0.827. The van der Waals surface area contributed by atoms with E-state index in [0.717, 1.165) is 0 Å². The maximum Gasteiger partial charge on any atom is 0.338 e. The topological polar surface area (TPSA) is 148 Å². The number of hydrogen-bond donors (Lipinski definition) is 0. The standard InChI is InChI=1S/C19H15ClN2O9/c20-17-9-15(31-19(24)12-3-7-14(8-4-12)22(27)28)16(30-17)10-29-18(23)11-1-5-13(6-2-11)21(25)26/h1-8,15-17H,9-10H2/t15-,16+,17?/m0/s1. The zero-order valence-electron chi connectivity index (χ0n) is 15.7. The van der Waals surface area contributed by atoms with Crippen LogP contribution in [0, 0.1) is 20.2 Å². The average Bonchev–Trinajstić information content (AvgIpc) is 3.10. The molecule has 1 aliphatic rings. The monoisotopic (exact) mass is 450 g/mol. The molecular formula is C19H15ClN2O9. The Morgan fingerprint density at radius 2 is 1.42 bits per heavy atom. The molecule has 2 aromatic carbocycles. The van der Waals surface area contributed by atoms with Crippen molar-refractivity contribution in [3.63, 3.8) is 0 Å². The van der Waals surface area contributed by atoms with E-state index in [1.54, 1.807) is 0 Å². The predicted octanol–water partition coefficient (Wildman–Crippen LogP) is 3.24. The Hall–Kier alpha value is -3.57. The van der Waals surface area contributed by atoms with E-state index in [1.807, 2.05) is 0 Å². The van der Waals surface area contributed by atoms with Crippen LogP contribution in [0.15, 0.2) is 48.5 Å². The number of halogens is 1. The van der Waals surface area contributed by atoms with Gasteiger partial charge in [0.2, 0.25) is 0 Å². The molecule has 11 nitrogen and oxygen atoms in total. The number of nitro groups is 2. The maximum absolute atomic E-state index is 12.3. The number of nitro benzene ring substituents is 2. The highest BCUT2D eigenvalue weighted by molar-refractivity contribution is 6.19. The second-order valence-electron chi connectivity index (χ2n) is 6.47. The van der Waals surface area contributed by atoms with Gasteiger partial charge in [-0.1, -0.05) is 11.6 Å². The lowest BCUT2D eigenvalue weighted by Gasteiger charge is -2.18. The summed E-state index contributed by atoms with van der Waals surface area (Å²) in [5.74, 6) is -1.47. The number of carbonyl (C=O) groups excluding carboxylic acids is 2. The van der Waals surface area contributed by atoms with Crippen molar-refractivity contribution in [2.45, 2.75) is 24.2 Å². The Morgan fingerprint density at radius 3 is 1.90 bits per heavy atom. The van der Waals surface area contributed by atoms with Crippen LogP contribution in [0.5, 0.6) is 0 Å². The number of alkyl halides is 1. The first kappa shape index (κ1) is 22.1. The van der Waals surface area contributed by atoms with E-state index in [4.69, 9.17) is 25.8 Å². The first-order valence-electron chi connectivity index (χ1n) is 8.91. The van der Waals surface area contributed by atoms with Crippen molar-refractivity contribution in [2.75, 3.05) is 6.61 Å². The number of hydrogen-bond acceptors (Lipinski definition) is 9. The van der Waals surface area contributed by atoms with Gasteiger partial charge in [-0.25, -0.2) is 9.59 Å². The first-order chi connectivity index (χ1) is 14.7. The Labute approximate surface area is 179 Å². The molecule has 0 bridgehead atoms. The smallest absolute Gasteiger partial charge is 0.338 e. The summed E-state index contributed by atoms with van der Waals surface area (Å²) >= 11 is 5.97. The van der Waals surface area contributed by atoms with Gasteiger partial charge in [0, 0.05) is 30.7 Å². The van der Waals surface area contributed by atoms with Crippen LogP contribution in [0.4, 0.5) is 11.4 Å². The number of ether oxygens (including phenoxy) is 3. The third-order valence-electron chi connectivity index (χ3n) is 4.42. The molecule has 0 radical (unpaired) electrons. The molecule has 0 aromatic heterocycles. The van der Waals surface area contributed by atoms with Gasteiger partial charge in [0.25, 0.3) is 11.4 Å². The largest absolute Gasteiger partial charge is 0.459 e. The molecule has 0 aliphatic carbocycles. The molecule has 1 heterocycles. The van der Waals surface area contributed by atoms with Crippen LogP contribution in [0.3, 0.4) is 0 Å². The maximum atomic E-state index is 12.3. The van der Waals surface area contributed by atoms with Gasteiger partial charge in [0.15, 0.2) is 0 Å². The highest BCUT2D eigenvalue weighted by Gasteiger charge is 2.38. The van der Waals surface area contributed by atoms with Crippen molar-refractivity contribution >= 4 is 34.9 Å². The molecule has 162 valence electrons. The molecule has 1 aliphatic heterocycles. The van der Waals surface area contributed by atoms with E-state index in [1.165, 1.54) is 48.5 Å². The molecule has 1 unspecified atom stereocenters. The van der Waals surface area contributed by atoms with Crippen molar-refractivity contribution in [3.8, 4) is 0 Å². The second-order valence-corrected chi connectivity index (χ2v) is 6.96. The highest BCUT2D eigenvalue weighted by Crippen LogP contribution is 2.27. The van der Waals surface area contributed by atoms with E-state index in [2.05, 4.69) is 0 Å². The van der Waals surface area contributed by atoms with Gasteiger partial charge in [0.05, 0.1) is 21.0 Å². The molecular weight excluding hydrogens is 436 g/mol. The summed E-state index contributed by atoms with van der Waals surface area (Å²) in [4.78, 5) is 44.7. The van der Waals surface area contributed by atoms with Crippen molar-refractivity contribution in [2.24, 2.45) is 0 Å². The van der Waals surface area contributed by atoms with Crippen molar-refractivity contribution in [3.05, 3.63) is 79.9 Å². The van der Waals surface area contributed by atoms with Crippen LogP contribution < -0.4 is 0 Å². The second kappa shape index (κ2) is 9.49. The number of nitrogens with zero attached hydrogens (tertiary/aromatic N) is 2. The van der Waals surface area contributed by atoms with E-state index >= 15 is 0 Å². The number of benzene rings is 2. The van der Waals surface area contributed by atoms with Gasteiger partial charge in [-0.3, -0.25) is 20.2 Å². The minimum Gasteiger partial charge on any atom is -0.459 e. The van der Waals surface area contributed by atoms with Crippen LogP contribution in [-0.4, -0.2) is 46.2 Å². The number of esters is 2. The van der Waals surface area contributed by atoms with Gasteiger partial charge in [-0.15, -0.1) is 0 Å². The minimum absolute atomic E-state index is 0.102. The summed E-state index contributed by atoms with van der Waals surface area (Å²) in [5, 5.41) is 21.4. The molecule has 0 N–H and O–H groups in total. The van der Waals surface area contributed by atoms with E-state index in [-0.39, 0.29) is 35.5 Å². The Morgan fingerprint density at radius 1 is 0.935 bits per heavy atom. The SMILES string of the molecule is O=C(OC[C@H]1OC(Cl)C[C@@H]1OC(=O)c1ccc([N+](=O)[O-])cc1)c1ccc([N+](=O)[O-])cc1. The van der Waals surface area contributed by atoms with Crippen LogP contribution in [0.2, 0.25) is 0 Å². The molecule has 2 aromatic rings. The quantitative estimate of drug-likeness (QED) is 0.268. The van der Waals surface area contributed by atoms with Gasteiger partial charge in [-0.05, 0) is 24.3 Å². The fourth-order valence-corrected chi connectivity index (χ4v) is 3.13. The van der Waals surface area contributed by atoms with Crippen LogP contribution in [-0.2, 0) is 14.2 Å². The Balaban J connectivity index is 1.59. The van der Waals surface area contributed by atoms with Crippen molar-refractivity contribution < 1.29 is 33.6 Å². The summed E-state index contributed by atoms with van der Waals surface area (Å²) < 4.78 is 16.0. The Kier molecular flexibility index (Phi) is 6.78. The molecule has 0 saturated carbocycles. The van der Waals surface area contributed by atoms with E-state index < -0.39 is 39.6 Å². The summed E-state index contributed by atoms with van der Waals surface area (Å²) in [6, 6.07) is 9.73. The predicted molar refractivity (Wildman–Crippen MR) is 105 cm³/mol. The van der Waals surface area contributed by atoms with Gasteiger partial charge >= 0.3 is 11.9 Å². The lowest BCUT2D eigenvalue weighted by atomic mass is 10.1. The molecule has 1 saturated heterocycles. The normalized spacial score (nSPS) is 20.1. The Bertz CT molecular complexity index is 994. The van der Waals surface area contributed by atoms with Crippen molar-refractivity contribution in [1.29, 1.82) is 0 Å². The fourth-order valence-electron chi connectivity index (χ4n) is 2.82. The van der Waals surface area contributed by atoms with Crippen LogP contribution >= 0.6 is 11.6 Å². The summed E-state index contributed by atoms with van der Waals surface area (Å²) in [7, 11) is 0. The number of carbonyl (C=O) groups is 2. The fraction of sp³-hybridized carbons (Fsp3) is 0.263. The molecule has 12 heteroatoms. The number of non-ortho nitro benzene ring substituents is 2. The lowest BCUT2D eigenvalue weighted by Crippen LogP contribution is -2.32. The van der Waals surface area contributed by atoms with Crippen LogP contribution in [0.25, 0.3) is 0 Å². The lowest BCUT2D eigenvalue weighted by molar-refractivity contribution is -0.385. The molecule has 3 atom stereocenters. The highest BCUT2D eigenvalue weighted by atomic mass is 35.5. The molecule has 1 fully saturated rings. The average molecular weight is 451 g/mol. The molecule has 3 rings (SSSR count). The third kappa shape index (κ3) is 5.53. The molecule has 0 spiro atoms. The molecule has 0 amide bonds. The van der Waals surface area contributed by atoms with Crippen LogP contribution in [0.1, 0.15) is 27.1 Å². The molecule has 31 heavy (non-hydrogen) atoms. The zero-order chi connectivity index (χ0) is 22.5. The van der Waals surface area contributed by atoms with E-state index in [0.29, 0.717) is 0 Å². The summed E-state index contributed by atoms with van der Waals surface area (Å²) in [6.45, 7) is -0.267. The summed E-state index contributed by atoms with van der Waals surface area (Å²) in [6.07, 6.45) is -1.48. The van der Waals surface area contributed by atoms with Gasteiger partial charge in [0.1, 0.15) is 24.4 Å². The number of rotatable bonds is 7. The van der Waals surface area contributed by atoms with Gasteiger partial charge < -0.3 is 14.2 Å². The van der Waals surface area contributed by atoms with E-state index in [9.17, 15) is 29.8 Å².